The molecule has 124 valence electrons. The van der Waals surface area contributed by atoms with E-state index in [-0.39, 0.29) is 12.5 Å². The third kappa shape index (κ3) is 4.93. The van der Waals surface area contributed by atoms with Gasteiger partial charge in [0, 0.05) is 11.8 Å². The molecule has 0 fully saturated rings. The van der Waals surface area contributed by atoms with Crippen molar-refractivity contribution in [2.45, 2.75) is 6.54 Å². The first-order chi connectivity index (χ1) is 12.3. The highest BCUT2D eigenvalue weighted by molar-refractivity contribution is 5.81. The second-order valence-corrected chi connectivity index (χ2v) is 5.09. The molecule has 0 aliphatic carbocycles. The van der Waals surface area contributed by atoms with Gasteiger partial charge in [0.05, 0.1) is 0 Å². The monoisotopic (exact) mass is 332 g/mol. The van der Waals surface area contributed by atoms with Crippen LogP contribution in [0.15, 0.2) is 71.8 Å². The van der Waals surface area contributed by atoms with E-state index in [9.17, 15) is 4.79 Å². The Labute approximate surface area is 144 Å². The van der Waals surface area contributed by atoms with Gasteiger partial charge >= 0.3 is 0 Å². The first-order valence-electron chi connectivity index (χ1n) is 7.68. The third-order valence-electron chi connectivity index (χ3n) is 3.21. The van der Waals surface area contributed by atoms with Gasteiger partial charge in [0.15, 0.2) is 0 Å². The number of aromatic nitrogens is 4. The van der Waals surface area contributed by atoms with Crippen molar-refractivity contribution < 1.29 is 4.79 Å². The van der Waals surface area contributed by atoms with E-state index < -0.39 is 0 Å². The van der Waals surface area contributed by atoms with E-state index in [0.29, 0.717) is 5.82 Å². The summed E-state index contributed by atoms with van der Waals surface area (Å²) in [4.78, 5) is 13.0. The molecule has 0 atom stereocenters. The molecule has 7 heteroatoms. The van der Waals surface area contributed by atoms with Crippen molar-refractivity contribution >= 4 is 18.2 Å². The Morgan fingerprint density at radius 2 is 1.80 bits per heavy atom. The molecular weight excluding hydrogens is 316 g/mol. The van der Waals surface area contributed by atoms with Gasteiger partial charge in [0.2, 0.25) is 5.82 Å². The van der Waals surface area contributed by atoms with Crippen LogP contribution in [0.3, 0.4) is 0 Å². The fourth-order valence-electron chi connectivity index (χ4n) is 2.05. The van der Waals surface area contributed by atoms with Gasteiger partial charge in [-0.05, 0) is 16.9 Å². The highest BCUT2D eigenvalue weighted by Gasteiger charge is 2.08. The molecule has 1 aromatic heterocycles. The zero-order chi connectivity index (χ0) is 17.3. The molecule has 0 radical (unpaired) electrons. The van der Waals surface area contributed by atoms with Crippen LogP contribution in [0.5, 0.6) is 0 Å². The number of nitrogens with zero attached hydrogens (tertiary/aromatic N) is 5. The number of amides is 1. The molecule has 3 aromatic rings. The highest BCUT2D eigenvalue weighted by Crippen LogP contribution is 2.11. The molecule has 0 unspecified atom stereocenters. The summed E-state index contributed by atoms with van der Waals surface area (Å²) in [5, 5.41) is 15.8. The molecule has 0 aliphatic rings. The van der Waals surface area contributed by atoms with Gasteiger partial charge < -0.3 is 0 Å². The third-order valence-corrected chi connectivity index (χ3v) is 3.21. The number of allylic oxidation sites excluding steroid dienone is 1. The Kier molecular flexibility index (Phi) is 5.40. The van der Waals surface area contributed by atoms with Gasteiger partial charge in [0.25, 0.3) is 5.91 Å². The van der Waals surface area contributed by atoms with Gasteiger partial charge in [-0.15, -0.1) is 10.2 Å². The summed E-state index contributed by atoms with van der Waals surface area (Å²) in [7, 11) is 0. The number of rotatable bonds is 6. The molecule has 1 N–H and O–H groups in total. The molecule has 0 bridgehead atoms. The molecule has 0 saturated carbocycles. The maximum absolute atomic E-state index is 11.8. The lowest BCUT2D eigenvalue weighted by Crippen LogP contribution is -2.24. The SMILES string of the molecule is O=C(Cn1nnc(-c2ccccc2)n1)N/N=C\C=C\c1ccccc1. The topological polar surface area (TPSA) is 85.1 Å². The number of nitrogens with one attached hydrogen (secondary N) is 1. The predicted molar refractivity (Wildman–Crippen MR) is 95.4 cm³/mol. The van der Waals surface area contributed by atoms with E-state index in [1.165, 1.54) is 11.0 Å². The van der Waals surface area contributed by atoms with Crippen LogP contribution in [0.25, 0.3) is 17.5 Å². The number of carbonyl (C=O) groups excluding carboxylic acids is 1. The summed E-state index contributed by atoms with van der Waals surface area (Å²) < 4.78 is 0. The molecule has 2 aromatic carbocycles. The highest BCUT2D eigenvalue weighted by atomic mass is 16.2. The van der Waals surface area contributed by atoms with Crippen LogP contribution in [0.2, 0.25) is 0 Å². The number of benzene rings is 2. The first kappa shape index (κ1) is 16.3. The maximum Gasteiger partial charge on any atom is 0.263 e. The van der Waals surface area contributed by atoms with Gasteiger partial charge in [0.1, 0.15) is 6.54 Å². The second-order valence-electron chi connectivity index (χ2n) is 5.09. The van der Waals surface area contributed by atoms with Crippen molar-refractivity contribution in [1.29, 1.82) is 0 Å². The molecule has 1 heterocycles. The Morgan fingerprint density at radius 1 is 1.08 bits per heavy atom. The lowest BCUT2D eigenvalue weighted by atomic mass is 10.2. The Morgan fingerprint density at radius 3 is 2.56 bits per heavy atom. The molecule has 0 aliphatic heterocycles. The van der Waals surface area contributed by atoms with E-state index >= 15 is 0 Å². The minimum absolute atomic E-state index is 0.0560. The second kappa shape index (κ2) is 8.30. The quantitative estimate of drug-likeness (QED) is 0.554. The van der Waals surface area contributed by atoms with Gasteiger partial charge in [-0.1, -0.05) is 66.7 Å². The summed E-state index contributed by atoms with van der Waals surface area (Å²) in [6.45, 7) is -0.0560. The summed E-state index contributed by atoms with van der Waals surface area (Å²) in [6.07, 6.45) is 5.15. The number of hydrogen-bond acceptors (Lipinski definition) is 5. The lowest BCUT2D eigenvalue weighted by Gasteiger charge is -1.97. The average molecular weight is 332 g/mol. The van der Waals surface area contributed by atoms with E-state index in [4.69, 9.17) is 0 Å². The summed E-state index contributed by atoms with van der Waals surface area (Å²) in [5.74, 6) is 0.143. The maximum atomic E-state index is 11.8. The summed E-state index contributed by atoms with van der Waals surface area (Å²) in [6, 6.07) is 19.3. The van der Waals surface area contributed by atoms with Crippen molar-refractivity contribution in [3.05, 3.63) is 72.3 Å². The minimum atomic E-state index is -0.332. The van der Waals surface area contributed by atoms with E-state index in [1.807, 2.05) is 66.7 Å². The predicted octanol–water partition coefficient (Wildman–Crippen LogP) is 2.16. The Hall–Kier alpha value is -3.61. The normalized spacial score (nSPS) is 11.2. The van der Waals surface area contributed by atoms with Gasteiger partial charge in [-0.3, -0.25) is 4.79 Å². The van der Waals surface area contributed by atoms with Crippen LogP contribution in [-0.2, 0) is 11.3 Å². The number of carbonyl (C=O) groups is 1. The Balaban J connectivity index is 1.49. The number of hydrazone groups is 1. The lowest BCUT2D eigenvalue weighted by molar-refractivity contribution is -0.122. The van der Waals surface area contributed by atoms with Crippen molar-refractivity contribution in [2.75, 3.05) is 0 Å². The van der Waals surface area contributed by atoms with E-state index in [2.05, 4.69) is 25.9 Å². The molecule has 1 amide bonds. The number of hydrogen-bond donors (Lipinski definition) is 1. The zero-order valence-electron chi connectivity index (χ0n) is 13.4. The van der Waals surface area contributed by atoms with Crippen molar-refractivity contribution in [3.63, 3.8) is 0 Å². The zero-order valence-corrected chi connectivity index (χ0v) is 13.4. The summed E-state index contributed by atoms with van der Waals surface area (Å²) >= 11 is 0. The van der Waals surface area contributed by atoms with Crippen LogP contribution < -0.4 is 5.43 Å². The molecule has 3 rings (SSSR count). The van der Waals surface area contributed by atoms with E-state index in [0.717, 1.165) is 11.1 Å². The number of tetrazole rings is 1. The van der Waals surface area contributed by atoms with Crippen molar-refractivity contribution in [3.8, 4) is 11.4 Å². The molecule has 0 saturated heterocycles. The summed E-state index contributed by atoms with van der Waals surface area (Å²) in [5.41, 5.74) is 4.32. The fourth-order valence-corrected chi connectivity index (χ4v) is 2.05. The van der Waals surface area contributed by atoms with Gasteiger partial charge in [-0.2, -0.15) is 9.90 Å². The van der Waals surface area contributed by atoms with E-state index in [1.54, 1.807) is 6.08 Å². The fraction of sp³-hybridized carbons (Fsp3) is 0.0556. The van der Waals surface area contributed by atoms with Crippen LogP contribution in [0.4, 0.5) is 0 Å². The smallest absolute Gasteiger partial charge is 0.263 e. The van der Waals surface area contributed by atoms with Gasteiger partial charge in [-0.25, -0.2) is 5.43 Å². The molecule has 7 nitrogen and oxygen atoms in total. The first-order valence-corrected chi connectivity index (χ1v) is 7.68. The molecule has 0 spiro atoms. The minimum Gasteiger partial charge on any atom is -0.271 e. The Bertz CT molecular complexity index is 871. The van der Waals surface area contributed by atoms with Crippen LogP contribution in [0.1, 0.15) is 5.56 Å². The van der Waals surface area contributed by atoms with Crippen molar-refractivity contribution in [2.24, 2.45) is 5.10 Å². The van der Waals surface area contributed by atoms with Crippen LogP contribution in [0, 0.1) is 0 Å². The molecule has 25 heavy (non-hydrogen) atoms. The van der Waals surface area contributed by atoms with Crippen LogP contribution >= 0.6 is 0 Å². The van der Waals surface area contributed by atoms with Crippen LogP contribution in [-0.4, -0.2) is 32.3 Å². The largest absolute Gasteiger partial charge is 0.271 e. The van der Waals surface area contributed by atoms with Crippen molar-refractivity contribution in [1.82, 2.24) is 25.6 Å². The average Bonchev–Trinajstić information content (AvgIpc) is 3.11. The molecular formula is C18H16N6O. The standard InChI is InChI=1S/C18H16N6O/c25-17(20-19-13-7-10-15-8-3-1-4-9-15)14-24-22-18(21-23-24)16-11-5-2-6-12-16/h1-13H,14H2,(H,20,25)/b10-7+,19-13-.